The second-order valence-electron chi connectivity index (χ2n) is 3.95. The summed E-state index contributed by atoms with van der Waals surface area (Å²) in [6.45, 7) is 0. The van der Waals surface area contributed by atoms with Crippen LogP contribution in [0.15, 0.2) is 60.7 Å². The van der Waals surface area contributed by atoms with E-state index in [0.29, 0.717) is 11.8 Å². The first kappa shape index (κ1) is 11.2. The normalized spacial score (nSPS) is 12.3. The highest BCUT2D eigenvalue weighted by atomic mass is 35.5. The van der Waals surface area contributed by atoms with Crippen molar-refractivity contribution >= 4 is 11.6 Å². The summed E-state index contributed by atoms with van der Waals surface area (Å²) < 4.78 is 0. The summed E-state index contributed by atoms with van der Waals surface area (Å²) in [4.78, 5) is 0. The van der Waals surface area contributed by atoms with Gasteiger partial charge in [-0.15, -0.1) is 11.6 Å². The average Bonchev–Trinajstić information content (AvgIpc) is 2.38. The Bertz CT molecular complexity index is 408. The maximum Gasteiger partial charge on any atom is 0.0295 e. The molecule has 0 heterocycles. The first-order valence-electron chi connectivity index (χ1n) is 5.55. The number of hydrogen-bond donors (Lipinski definition) is 0. The molecule has 1 heteroatoms. The fourth-order valence-corrected chi connectivity index (χ4v) is 2.17. The van der Waals surface area contributed by atoms with E-state index >= 15 is 0 Å². The molecule has 0 aliphatic rings. The minimum absolute atomic E-state index is 0.408. The fraction of sp³-hybridized carbons (Fsp3) is 0.200. The van der Waals surface area contributed by atoms with Crippen LogP contribution in [0.5, 0.6) is 0 Å². The largest absolute Gasteiger partial charge is 0.126 e. The van der Waals surface area contributed by atoms with Crippen molar-refractivity contribution in [2.24, 2.45) is 0 Å². The van der Waals surface area contributed by atoms with Crippen molar-refractivity contribution in [2.45, 2.75) is 12.3 Å². The lowest BCUT2D eigenvalue weighted by atomic mass is 9.94. The highest BCUT2D eigenvalue weighted by Gasteiger charge is 2.10. The highest BCUT2D eigenvalue weighted by molar-refractivity contribution is 6.18. The molecule has 0 saturated heterocycles. The summed E-state index contributed by atoms with van der Waals surface area (Å²) >= 11 is 6.05. The Labute approximate surface area is 102 Å². The zero-order chi connectivity index (χ0) is 11.2. The third-order valence-corrected chi connectivity index (χ3v) is 3.15. The molecule has 0 fully saturated rings. The van der Waals surface area contributed by atoms with Gasteiger partial charge in [-0.2, -0.15) is 0 Å². The first-order valence-corrected chi connectivity index (χ1v) is 6.08. The summed E-state index contributed by atoms with van der Waals surface area (Å²) in [5, 5.41) is 0. The van der Waals surface area contributed by atoms with Crippen LogP contribution in [-0.2, 0) is 6.42 Å². The van der Waals surface area contributed by atoms with Crippen molar-refractivity contribution in [2.75, 3.05) is 5.88 Å². The van der Waals surface area contributed by atoms with Gasteiger partial charge in [0.25, 0.3) is 0 Å². The van der Waals surface area contributed by atoms with E-state index in [2.05, 4.69) is 48.5 Å². The molecule has 16 heavy (non-hydrogen) atoms. The SMILES string of the molecule is ClCC(Cc1ccccc1)c1ccccc1. The molecular weight excluding hydrogens is 216 g/mol. The molecule has 0 N–H and O–H groups in total. The molecule has 2 aromatic carbocycles. The maximum absolute atomic E-state index is 6.05. The van der Waals surface area contributed by atoms with E-state index in [1.165, 1.54) is 11.1 Å². The van der Waals surface area contributed by atoms with Crippen molar-refractivity contribution in [3.05, 3.63) is 71.8 Å². The van der Waals surface area contributed by atoms with Gasteiger partial charge in [-0.1, -0.05) is 60.7 Å². The van der Waals surface area contributed by atoms with Gasteiger partial charge in [0.15, 0.2) is 0 Å². The van der Waals surface area contributed by atoms with Crippen molar-refractivity contribution in [1.82, 2.24) is 0 Å². The Hall–Kier alpha value is -1.27. The molecule has 0 aromatic heterocycles. The van der Waals surface area contributed by atoms with Gasteiger partial charge < -0.3 is 0 Å². The third kappa shape index (κ3) is 2.86. The molecule has 82 valence electrons. The van der Waals surface area contributed by atoms with Gasteiger partial charge in [0, 0.05) is 11.8 Å². The van der Waals surface area contributed by atoms with E-state index in [-0.39, 0.29) is 0 Å². The van der Waals surface area contributed by atoms with E-state index in [1.807, 2.05) is 12.1 Å². The van der Waals surface area contributed by atoms with E-state index in [1.54, 1.807) is 0 Å². The monoisotopic (exact) mass is 230 g/mol. The molecule has 2 rings (SSSR count). The third-order valence-electron chi connectivity index (χ3n) is 2.78. The number of hydrogen-bond acceptors (Lipinski definition) is 0. The number of rotatable bonds is 4. The maximum atomic E-state index is 6.05. The molecule has 0 radical (unpaired) electrons. The van der Waals surface area contributed by atoms with Gasteiger partial charge in [-0.25, -0.2) is 0 Å². The molecule has 2 aromatic rings. The molecule has 0 bridgehead atoms. The highest BCUT2D eigenvalue weighted by Crippen LogP contribution is 2.21. The molecule has 0 aliphatic heterocycles. The topological polar surface area (TPSA) is 0 Å². The van der Waals surface area contributed by atoms with Crippen molar-refractivity contribution in [3.8, 4) is 0 Å². The summed E-state index contributed by atoms with van der Waals surface area (Å²) in [7, 11) is 0. The van der Waals surface area contributed by atoms with Crippen LogP contribution in [0.3, 0.4) is 0 Å². The van der Waals surface area contributed by atoms with Crippen LogP contribution in [0.2, 0.25) is 0 Å². The molecule has 1 atom stereocenters. The smallest absolute Gasteiger partial charge is 0.0295 e. The number of alkyl halides is 1. The molecule has 0 saturated carbocycles. The van der Waals surface area contributed by atoms with Gasteiger partial charge in [-0.05, 0) is 17.5 Å². The van der Waals surface area contributed by atoms with Crippen molar-refractivity contribution in [3.63, 3.8) is 0 Å². The molecule has 1 unspecified atom stereocenters. The van der Waals surface area contributed by atoms with E-state index < -0.39 is 0 Å². The van der Waals surface area contributed by atoms with Crippen LogP contribution in [0, 0.1) is 0 Å². The first-order chi connectivity index (χ1) is 7.90. The zero-order valence-corrected chi connectivity index (χ0v) is 9.90. The lowest BCUT2D eigenvalue weighted by Gasteiger charge is -2.14. The summed E-state index contributed by atoms with van der Waals surface area (Å²) in [6.07, 6.45) is 1.01. The molecule has 0 nitrogen and oxygen atoms in total. The van der Waals surface area contributed by atoms with Crippen LogP contribution < -0.4 is 0 Å². The van der Waals surface area contributed by atoms with Crippen LogP contribution in [0.25, 0.3) is 0 Å². The van der Waals surface area contributed by atoms with Gasteiger partial charge >= 0.3 is 0 Å². The average molecular weight is 231 g/mol. The van der Waals surface area contributed by atoms with Crippen LogP contribution in [0.1, 0.15) is 17.0 Å². The van der Waals surface area contributed by atoms with E-state index in [0.717, 1.165) is 6.42 Å². The molecule has 0 amide bonds. The Morgan fingerprint density at radius 1 is 0.812 bits per heavy atom. The Balaban J connectivity index is 2.13. The lowest BCUT2D eigenvalue weighted by Crippen LogP contribution is -2.04. The second kappa shape index (κ2) is 5.72. The second-order valence-corrected chi connectivity index (χ2v) is 4.26. The summed E-state index contributed by atoms with van der Waals surface area (Å²) in [5.74, 6) is 1.07. The zero-order valence-electron chi connectivity index (χ0n) is 9.14. The Kier molecular flexibility index (Phi) is 4.01. The summed E-state index contributed by atoms with van der Waals surface area (Å²) in [5.41, 5.74) is 2.67. The predicted molar refractivity (Wildman–Crippen MR) is 70.0 cm³/mol. The van der Waals surface area contributed by atoms with Gasteiger partial charge in [0.2, 0.25) is 0 Å². The predicted octanol–water partition coefficient (Wildman–Crippen LogP) is 4.25. The number of halogens is 1. The van der Waals surface area contributed by atoms with Crippen LogP contribution in [-0.4, -0.2) is 5.88 Å². The van der Waals surface area contributed by atoms with Crippen LogP contribution >= 0.6 is 11.6 Å². The minimum Gasteiger partial charge on any atom is -0.126 e. The standard InChI is InChI=1S/C15H15Cl/c16-12-15(14-9-5-2-6-10-14)11-13-7-3-1-4-8-13/h1-10,15H,11-12H2. The Morgan fingerprint density at radius 2 is 1.38 bits per heavy atom. The lowest BCUT2D eigenvalue weighted by molar-refractivity contribution is 0.766. The molecular formula is C15H15Cl. The number of benzene rings is 2. The molecule has 0 aliphatic carbocycles. The van der Waals surface area contributed by atoms with Crippen molar-refractivity contribution < 1.29 is 0 Å². The van der Waals surface area contributed by atoms with Gasteiger partial charge in [-0.3, -0.25) is 0 Å². The van der Waals surface area contributed by atoms with Gasteiger partial charge in [0.1, 0.15) is 0 Å². The van der Waals surface area contributed by atoms with E-state index in [4.69, 9.17) is 11.6 Å². The van der Waals surface area contributed by atoms with Crippen molar-refractivity contribution in [1.29, 1.82) is 0 Å². The summed E-state index contributed by atoms with van der Waals surface area (Å²) in [6, 6.07) is 21.0. The Morgan fingerprint density at radius 3 is 1.94 bits per heavy atom. The minimum atomic E-state index is 0.408. The van der Waals surface area contributed by atoms with E-state index in [9.17, 15) is 0 Å². The van der Waals surface area contributed by atoms with Crippen LogP contribution in [0.4, 0.5) is 0 Å². The fourth-order valence-electron chi connectivity index (χ4n) is 1.89. The quantitative estimate of drug-likeness (QED) is 0.689. The van der Waals surface area contributed by atoms with Gasteiger partial charge in [0.05, 0.1) is 0 Å². The molecule has 0 spiro atoms.